The Bertz CT molecular complexity index is 786. The van der Waals surface area contributed by atoms with Gasteiger partial charge in [0.2, 0.25) is 6.79 Å². The molecule has 1 aromatic heterocycles. The molecule has 1 aliphatic heterocycles. The molecule has 3 aromatic rings. The van der Waals surface area contributed by atoms with Crippen molar-refractivity contribution in [3.63, 3.8) is 0 Å². The molecule has 0 atom stereocenters. The quantitative estimate of drug-likeness (QED) is 0.673. The summed E-state index contributed by atoms with van der Waals surface area (Å²) in [4.78, 5) is 4.52. The molecule has 0 saturated heterocycles. The van der Waals surface area contributed by atoms with Crippen LogP contribution in [0, 0.1) is 0 Å². The van der Waals surface area contributed by atoms with E-state index in [1.165, 1.54) is 23.5 Å². The van der Waals surface area contributed by atoms with Crippen molar-refractivity contribution >= 4 is 21.6 Å². The van der Waals surface area contributed by atoms with Crippen LogP contribution in [0.25, 0.3) is 20.8 Å². The summed E-state index contributed by atoms with van der Waals surface area (Å²) >= 11 is 1.49. The highest BCUT2D eigenvalue weighted by atomic mass is 32.1. The van der Waals surface area contributed by atoms with Gasteiger partial charge < -0.3 is 19.7 Å². The van der Waals surface area contributed by atoms with Gasteiger partial charge in [-0.1, -0.05) is 0 Å². The molecule has 0 aliphatic carbocycles. The number of benzene rings is 2. The molecule has 0 fully saturated rings. The number of phenolic OH excluding ortho intramolecular Hbond substituents is 2. The summed E-state index contributed by atoms with van der Waals surface area (Å²) in [5.41, 5.74) is 1.57. The van der Waals surface area contributed by atoms with Gasteiger partial charge in [-0.05, 0) is 18.2 Å². The van der Waals surface area contributed by atoms with Crippen LogP contribution in [-0.2, 0) is 0 Å². The molecule has 5 nitrogen and oxygen atoms in total. The lowest BCUT2D eigenvalue weighted by Crippen LogP contribution is -1.92. The highest BCUT2D eigenvalue weighted by Crippen LogP contribution is 2.40. The molecule has 0 amide bonds. The number of aromatic hydroxyl groups is 2. The number of aromatic nitrogens is 1. The topological polar surface area (TPSA) is 71.8 Å². The molecule has 100 valence electrons. The summed E-state index contributed by atoms with van der Waals surface area (Å²) in [7, 11) is 0. The largest absolute Gasteiger partial charge is 0.504 e. The van der Waals surface area contributed by atoms with E-state index < -0.39 is 0 Å². The molecular weight excluding hydrogens is 278 g/mol. The van der Waals surface area contributed by atoms with Crippen LogP contribution >= 0.6 is 11.3 Å². The summed E-state index contributed by atoms with van der Waals surface area (Å²) in [6.07, 6.45) is 0. The van der Waals surface area contributed by atoms with Crippen LogP contribution in [0.3, 0.4) is 0 Å². The van der Waals surface area contributed by atoms with Crippen molar-refractivity contribution in [2.75, 3.05) is 6.79 Å². The second-order valence-corrected chi connectivity index (χ2v) is 5.43. The number of hydrogen-bond donors (Lipinski definition) is 2. The van der Waals surface area contributed by atoms with E-state index in [0.29, 0.717) is 5.75 Å². The van der Waals surface area contributed by atoms with Gasteiger partial charge in [0.1, 0.15) is 5.01 Å². The Hall–Kier alpha value is -2.47. The van der Waals surface area contributed by atoms with Gasteiger partial charge in [0.05, 0.1) is 10.2 Å². The van der Waals surface area contributed by atoms with Crippen molar-refractivity contribution in [2.45, 2.75) is 0 Å². The summed E-state index contributed by atoms with van der Waals surface area (Å²) in [5, 5.41) is 19.7. The van der Waals surface area contributed by atoms with Crippen molar-refractivity contribution in [3.05, 3.63) is 30.3 Å². The molecule has 1 aliphatic rings. The van der Waals surface area contributed by atoms with E-state index >= 15 is 0 Å². The van der Waals surface area contributed by atoms with Crippen LogP contribution in [0.4, 0.5) is 0 Å². The third-order valence-corrected chi connectivity index (χ3v) is 4.17. The lowest BCUT2D eigenvalue weighted by Gasteiger charge is -1.99. The molecule has 6 heteroatoms. The van der Waals surface area contributed by atoms with E-state index in [1.54, 1.807) is 6.07 Å². The van der Waals surface area contributed by atoms with Crippen molar-refractivity contribution in [1.82, 2.24) is 4.98 Å². The maximum Gasteiger partial charge on any atom is 0.231 e. The molecule has 20 heavy (non-hydrogen) atoms. The number of nitrogens with zero attached hydrogens (tertiary/aromatic N) is 1. The monoisotopic (exact) mass is 287 g/mol. The Balaban J connectivity index is 1.86. The first kappa shape index (κ1) is 11.4. The van der Waals surface area contributed by atoms with Gasteiger partial charge in [0.15, 0.2) is 23.0 Å². The molecule has 4 rings (SSSR count). The summed E-state index contributed by atoms with van der Waals surface area (Å²) in [5.74, 6) is 1.12. The normalized spacial score (nSPS) is 13.0. The Morgan fingerprint density at radius 1 is 1.00 bits per heavy atom. The fraction of sp³-hybridized carbons (Fsp3) is 0.0714. The third-order valence-electron chi connectivity index (χ3n) is 3.11. The summed E-state index contributed by atoms with van der Waals surface area (Å²) in [6.45, 7) is 0.241. The number of hydrogen-bond acceptors (Lipinski definition) is 6. The fourth-order valence-corrected chi connectivity index (χ4v) is 3.07. The van der Waals surface area contributed by atoms with Crippen LogP contribution in [0.5, 0.6) is 23.0 Å². The standard InChI is InChI=1S/C14H9NO4S/c16-9-2-1-7(3-10(9)17)14-15-8-4-11-12(19-6-18-11)5-13(8)20-14/h1-5,16-17H,6H2. The number of fused-ring (bicyclic) bond motifs is 2. The Kier molecular flexibility index (Phi) is 2.28. The SMILES string of the molecule is Oc1ccc(-c2nc3cc4c(cc3s2)OCO4)cc1O. The summed E-state index contributed by atoms with van der Waals surface area (Å²) in [6, 6.07) is 8.40. The first-order valence-electron chi connectivity index (χ1n) is 5.93. The van der Waals surface area contributed by atoms with Crippen LogP contribution < -0.4 is 9.47 Å². The average molecular weight is 287 g/mol. The lowest BCUT2D eigenvalue weighted by molar-refractivity contribution is 0.174. The molecule has 2 aromatic carbocycles. The Morgan fingerprint density at radius 3 is 2.60 bits per heavy atom. The zero-order chi connectivity index (χ0) is 13.7. The minimum absolute atomic E-state index is 0.143. The van der Waals surface area contributed by atoms with Crippen molar-refractivity contribution in [2.24, 2.45) is 0 Å². The third kappa shape index (κ3) is 1.65. The van der Waals surface area contributed by atoms with Crippen LogP contribution in [0.1, 0.15) is 0 Å². The Labute approximate surface area is 117 Å². The van der Waals surface area contributed by atoms with Crippen molar-refractivity contribution in [3.8, 4) is 33.6 Å². The van der Waals surface area contributed by atoms with E-state index in [1.807, 2.05) is 12.1 Å². The second kappa shape index (κ2) is 4.01. The first-order chi connectivity index (χ1) is 9.70. The van der Waals surface area contributed by atoms with Gasteiger partial charge in [0.25, 0.3) is 0 Å². The van der Waals surface area contributed by atoms with Gasteiger partial charge in [-0.25, -0.2) is 4.98 Å². The molecule has 0 radical (unpaired) electrons. The van der Waals surface area contributed by atoms with E-state index in [-0.39, 0.29) is 18.3 Å². The van der Waals surface area contributed by atoms with E-state index in [0.717, 1.165) is 26.5 Å². The molecule has 0 unspecified atom stereocenters. The van der Waals surface area contributed by atoms with Crippen molar-refractivity contribution in [1.29, 1.82) is 0 Å². The first-order valence-corrected chi connectivity index (χ1v) is 6.75. The van der Waals surface area contributed by atoms with Gasteiger partial charge in [0, 0.05) is 17.7 Å². The lowest BCUT2D eigenvalue weighted by atomic mass is 10.2. The van der Waals surface area contributed by atoms with Crippen molar-refractivity contribution < 1.29 is 19.7 Å². The highest BCUT2D eigenvalue weighted by molar-refractivity contribution is 7.21. The van der Waals surface area contributed by atoms with Crippen LogP contribution in [0.15, 0.2) is 30.3 Å². The van der Waals surface area contributed by atoms with Crippen LogP contribution in [-0.4, -0.2) is 22.0 Å². The number of ether oxygens (including phenoxy) is 2. The zero-order valence-electron chi connectivity index (χ0n) is 10.2. The van der Waals surface area contributed by atoms with Gasteiger partial charge in [-0.3, -0.25) is 0 Å². The van der Waals surface area contributed by atoms with E-state index in [2.05, 4.69) is 4.98 Å². The fourth-order valence-electron chi connectivity index (χ4n) is 2.10. The molecule has 0 saturated carbocycles. The second-order valence-electron chi connectivity index (χ2n) is 4.40. The van der Waals surface area contributed by atoms with Crippen LogP contribution in [0.2, 0.25) is 0 Å². The highest BCUT2D eigenvalue weighted by Gasteiger charge is 2.17. The maximum absolute atomic E-state index is 9.56. The molecule has 2 N–H and O–H groups in total. The molecule has 2 heterocycles. The predicted molar refractivity (Wildman–Crippen MR) is 74.5 cm³/mol. The van der Waals surface area contributed by atoms with Gasteiger partial charge in [-0.2, -0.15) is 0 Å². The minimum atomic E-state index is -0.157. The van der Waals surface area contributed by atoms with E-state index in [9.17, 15) is 10.2 Å². The van der Waals surface area contributed by atoms with E-state index in [4.69, 9.17) is 9.47 Å². The average Bonchev–Trinajstić information content (AvgIpc) is 3.04. The number of rotatable bonds is 1. The maximum atomic E-state index is 9.56. The molecule has 0 spiro atoms. The number of thiazole rings is 1. The zero-order valence-corrected chi connectivity index (χ0v) is 11.0. The molecular formula is C14H9NO4S. The smallest absolute Gasteiger partial charge is 0.231 e. The number of phenols is 2. The minimum Gasteiger partial charge on any atom is -0.504 e. The predicted octanol–water partition coefficient (Wildman–Crippen LogP) is 3.10. The van der Waals surface area contributed by atoms with Gasteiger partial charge in [-0.15, -0.1) is 11.3 Å². The van der Waals surface area contributed by atoms with Gasteiger partial charge >= 0.3 is 0 Å². The summed E-state index contributed by atoms with van der Waals surface area (Å²) < 4.78 is 11.6. The Morgan fingerprint density at radius 2 is 1.80 bits per heavy atom. The molecule has 0 bridgehead atoms.